The lowest BCUT2D eigenvalue weighted by Gasteiger charge is -2.07. The van der Waals surface area contributed by atoms with Gasteiger partial charge in [-0.05, 0) is 24.3 Å². The summed E-state index contributed by atoms with van der Waals surface area (Å²) in [5.74, 6) is -0.0678. The number of hydrogen-bond acceptors (Lipinski definition) is 3. The first-order valence-electron chi connectivity index (χ1n) is 6.06. The molecule has 106 valence electrons. The molecular weight excluding hydrogens is 309 g/mol. The topological polar surface area (TPSA) is 39.2 Å². The van der Waals surface area contributed by atoms with E-state index in [1.165, 1.54) is 0 Å². The van der Waals surface area contributed by atoms with E-state index in [1.54, 1.807) is 36.5 Å². The fourth-order valence-corrected chi connectivity index (χ4v) is 2.15. The second-order valence-electron chi connectivity index (χ2n) is 4.20. The van der Waals surface area contributed by atoms with Gasteiger partial charge in [0.1, 0.15) is 5.52 Å². The van der Waals surface area contributed by atoms with Gasteiger partial charge in [-0.15, -0.1) is 12.4 Å². The van der Waals surface area contributed by atoms with E-state index in [1.807, 2.05) is 24.3 Å². The van der Waals surface area contributed by atoms with Crippen LogP contribution in [0, 0.1) is 0 Å². The number of esters is 1. The van der Waals surface area contributed by atoms with E-state index in [0.717, 1.165) is 5.39 Å². The summed E-state index contributed by atoms with van der Waals surface area (Å²) in [4.78, 5) is 16.4. The number of benzene rings is 2. The highest BCUT2D eigenvalue weighted by molar-refractivity contribution is 6.33. The van der Waals surface area contributed by atoms with E-state index < -0.39 is 5.97 Å². The molecule has 1 aromatic heterocycles. The number of nitrogens with zero attached hydrogens (tertiary/aromatic N) is 1. The van der Waals surface area contributed by atoms with Gasteiger partial charge >= 0.3 is 5.97 Å². The Labute approximate surface area is 132 Å². The molecule has 0 aliphatic heterocycles. The normalized spacial score (nSPS) is 9.95. The van der Waals surface area contributed by atoms with E-state index in [0.29, 0.717) is 21.9 Å². The second-order valence-corrected chi connectivity index (χ2v) is 4.61. The standard InChI is InChI=1S/C16H10ClNO2.ClH/c17-13-8-2-1-7-12(13)16(19)20-14-9-3-5-11-6-4-10-18-15(11)14;/h1-10H;1H. The quantitative estimate of drug-likeness (QED) is 0.514. The molecule has 2 aromatic carbocycles. The van der Waals surface area contributed by atoms with Crippen molar-refractivity contribution < 1.29 is 9.53 Å². The predicted octanol–water partition coefficient (Wildman–Crippen LogP) is 4.53. The molecule has 0 atom stereocenters. The molecule has 1 heterocycles. The van der Waals surface area contributed by atoms with Crippen LogP contribution in [0.25, 0.3) is 10.9 Å². The Morgan fingerprint density at radius 1 is 1.00 bits per heavy atom. The number of carbonyl (C=O) groups excluding carboxylic acids is 1. The van der Waals surface area contributed by atoms with Crippen LogP contribution < -0.4 is 4.74 Å². The van der Waals surface area contributed by atoms with Gasteiger partial charge in [0.15, 0.2) is 5.75 Å². The molecule has 0 aliphatic rings. The Morgan fingerprint density at radius 3 is 2.57 bits per heavy atom. The van der Waals surface area contributed by atoms with Crippen LogP contribution in [0.5, 0.6) is 5.75 Å². The van der Waals surface area contributed by atoms with Gasteiger partial charge in [0, 0.05) is 11.6 Å². The molecule has 0 radical (unpaired) electrons. The molecule has 0 fully saturated rings. The minimum Gasteiger partial charge on any atom is -0.421 e. The first-order valence-corrected chi connectivity index (χ1v) is 6.44. The third kappa shape index (κ3) is 3.15. The fourth-order valence-electron chi connectivity index (χ4n) is 1.94. The number of aromatic nitrogens is 1. The highest BCUT2D eigenvalue weighted by atomic mass is 35.5. The SMILES string of the molecule is Cl.O=C(Oc1cccc2cccnc12)c1ccccc1Cl. The van der Waals surface area contributed by atoms with Crippen LogP contribution in [0.3, 0.4) is 0 Å². The minimum absolute atomic E-state index is 0. The number of carbonyl (C=O) groups is 1. The van der Waals surface area contributed by atoms with Crippen LogP contribution >= 0.6 is 24.0 Å². The largest absolute Gasteiger partial charge is 0.421 e. The van der Waals surface area contributed by atoms with Crippen LogP contribution in [0.4, 0.5) is 0 Å². The van der Waals surface area contributed by atoms with Crippen molar-refractivity contribution in [1.29, 1.82) is 0 Å². The molecule has 0 spiro atoms. The molecule has 3 nitrogen and oxygen atoms in total. The summed E-state index contributed by atoms with van der Waals surface area (Å²) >= 11 is 5.99. The van der Waals surface area contributed by atoms with Gasteiger partial charge in [-0.3, -0.25) is 4.98 Å². The third-order valence-corrected chi connectivity index (χ3v) is 3.22. The van der Waals surface area contributed by atoms with Crippen molar-refractivity contribution in [2.24, 2.45) is 0 Å². The summed E-state index contributed by atoms with van der Waals surface area (Å²) in [6.45, 7) is 0. The van der Waals surface area contributed by atoms with Crippen LogP contribution in [0.15, 0.2) is 60.8 Å². The summed E-state index contributed by atoms with van der Waals surface area (Å²) in [5, 5.41) is 1.28. The van der Waals surface area contributed by atoms with Crippen molar-refractivity contribution in [3.05, 3.63) is 71.4 Å². The number of rotatable bonds is 2. The Morgan fingerprint density at radius 2 is 1.76 bits per heavy atom. The minimum atomic E-state index is -0.492. The Hall–Kier alpha value is -2.10. The average Bonchev–Trinajstić information content (AvgIpc) is 2.48. The lowest BCUT2D eigenvalue weighted by atomic mass is 10.2. The number of pyridine rings is 1. The van der Waals surface area contributed by atoms with Crippen molar-refractivity contribution in [3.63, 3.8) is 0 Å². The maximum Gasteiger partial charge on any atom is 0.345 e. The predicted molar refractivity (Wildman–Crippen MR) is 85.4 cm³/mol. The molecule has 0 aliphatic carbocycles. The first-order chi connectivity index (χ1) is 9.75. The van der Waals surface area contributed by atoms with Crippen LogP contribution in [-0.4, -0.2) is 11.0 Å². The van der Waals surface area contributed by atoms with Crippen LogP contribution in [0.2, 0.25) is 5.02 Å². The first kappa shape index (κ1) is 15.3. The van der Waals surface area contributed by atoms with Gasteiger partial charge < -0.3 is 4.74 Å². The highest BCUT2D eigenvalue weighted by Gasteiger charge is 2.13. The zero-order chi connectivity index (χ0) is 13.9. The Bertz CT molecular complexity index is 785. The van der Waals surface area contributed by atoms with Crippen LogP contribution in [0.1, 0.15) is 10.4 Å². The smallest absolute Gasteiger partial charge is 0.345 e. The summed E-state index contributed by atoms with van der Waals surface area (Å²) < 4.78 is 5.41. The summed E-state index contributed by atoms with van der Waals surface area (Å²) in [6, 6.07) is 16.0. The van der Waals surface area contributed by atoms with Crippen molar-refractivity contribution >= 4 is 40.9 Å². The molecule has 3 rings (SSSR count). The van der Waals surface area contributed by atoms with Crippen molar-refractivity contribution in [2.45, 2.75) is 0 Å². The molecule has 0 bridgehead atoms. The fraction of sp³-hybridized carbons (Fsp3) is 0. The Kier molecular flexibility index (Phi) is 4.78. The molecule has 0 N–H and O–H groups in total. The van der Waals surface area contributed by atoms with Gasteiger partial charge in [0.2, 0.25) is 0 Å². The summed E-state index contributed by atoms with van der Waals surface area (Å²) in [5.41, 5.74) is 0.984. The van der Waals surface area contributed by atoms with Gasteiger partial charge in [-0.2, -0.15) is 0 Å². The molecule has 0 saturated carbocycles. The highest BCUT2D eigenvalue weighted by Crippen LogP contribution is 2.25. The van der Waals surface area contributed by atoms with Crippen molar-refractivity contribution in [2.75, 3.05) is 0 Å². The molecule has 3 aromatic rings. The zero-order valence-corrected chi connectivity index (χ0v) is 12.4. The molecule has 21 heavy (non-hydrogen) atoms. The Balaban J connectivity index is 0.00000161. The second kappa shape index (κ2) is 6.57. The van der Waals surface area contributed by atoms with Gasteiger partial charge in [0.25, 0.3) is 0 Å². The molecule has 5 heteroatoms. The van der Waals surface area contributed by atoms with Gasteiger partial charge in [-0.25, -0.2) is 4.79 Å². The van der Waals surface area contributed by atoms with Crippen LogP contribution in [-0.2, 0) is 0 Å². The lowest BCUT2D eigenvalue weighted by Crippen LogP contribution is -2.09. The van der Waals surface area contributed by atoms with E-state index in [2.05, 4.69) is 4.98 Å². The van der Waals surface area contributed by atoms with E-state index in [9.17, 15) is 4.79 Å². The third-order valence-electron chi connectivity index (χ3n) is 2.89. The molecule has 0 saturated heterocycles. The van der Waals surface area contributed by atoms with Crippen molar-refractivity contribution in [3.8, 4) is 5.75 Å². The lowest BCUT2D eigenvalue weighted by molar-refractivity contribution is 0.0737. The van der Waals surface area contributed by atoms with Gasteiger partial charge in [-0.1, -0.05) is 41.9 Å². The average molecular weight is 320 g/mol. The monoisotopic (exact) mass is 319 g/mol. The molecular formula is C16H11Cl2NO2. The van der Waals surface area contributed by atoms with E-state index >= 15 is 0 Å². The number of para-hydroxylation sites is 1. The number of fused-ring (bicyclic) bond motifs is 1. The van der Waals surface area contributed by atoms with Crippen molar-refractivity contribution in [1.82, 2.24) is 4.98 Å². The molecule has 0 amide bonds. The van der Waals surface area contributed by atoms with E-state index in [-0.39, 0.29) is 12.4 Å². The number of hydrogen-bond donors (Lipinski definition) is 0. The van der Waals surface area contributed by atoms with Gasteiger partial charge in [0.05, 0.1) is 10.6 Å². The maximum absolute atomic E-state index is 12.1. The van der Waals surface area contributed by atoms with E-state index in [4.69, 9.17) is 16.3 Å². The number of halogens is 2. The zero-order valence-electron chi connectivity index (χ0n) is 10.8. The summed E-state index contributed by atoms with van der Waals surface area (Å²) in [7, 11) is 0. The maximum atomic E-state index is 12.1. The number of ether oxygens (including phenoxy) is 1. The molecule has 0 unspecified atom stereocenters. The summed E-state index contributed by atoms with van der Waals surface area (Å²) in [6.07, 6.45) is 1.66.